The largest absolute Gasteiger partial charge is 0.378 e. The Bertz CT molecular complexity index is 539. The number of primary amides is 1. The van der Waals surface area contributed by atoms with Crippen LogP contribution in [0.25, 0.3) is 10.6 Å². The molecule has 0 aromatic carbocycles. The second kappa shape index (κ2) is 5.03. The first-order chi connectivity index (χ1) is 8.22. The summed E-state index contributed by atoms with van der Waals surface area (Å²) in [6.45, 7) is 0.447. The van der Waals surface area contributed by atoms with Crippen LogP contribution >= 0.6 is 11.3 Å². The molecule has 0 aliphatic carbocycles. The highest BCUT2D eigenvalue weighted by atomic mass is 32.1. The predicted octanol–water partition coefficient (Wildman–Crippen LogP) is 1.45. The molecule has 0 atom stereocenters. The predicted molar refractivity (Wildman–Crippen MR) is 64.6 cm³/mol. The minimum atomic E-state index is -0.552. The summed E-state index contributed by atoms with van der Waals surface area (Å²) in [4.78, 5) is 19.6. The second-order valence-corrected chi connectivity index (χ2v) is 4.20. The number of methoxy groups -OCH3 is 1. The van der Waals surface area contributed by atoms with E-state index in [1.807, 2.05) is 5.38 Å². The Labute approximate surface area is 102 Å². The molecule has 0 fully saturated rings. The van der Waals surface area contributed by atoms with Crippen LogP contribution in [-0.2, 0) is 11.3 Å². The van der Waals surface area contributed by atoms with Gasteiger partial charge in [-0.2, -0.15) is 0 Å². The van der Waals surface area contributed by atoms with E-state index < -0.39 is 5.91 Å². The number of rotatable bonds is 4. The molecular formula is C11H11N3O2S. The highest BCUT2D eigenvalue weighted by molar-refractivity contribution is 7.13. The first-order valence-corrected chi connectivity index (χ1v) is 5.79. The zero-order valence-corrected chi connectivity index (χ0v) is 10.0. The Morgan fingerprint density at radius 1 is 1.59 bits per heavy atom. The molecule has 2 aromatic heterocycles. The molecule has 1 amide bonds. The van der Waals surface area contributed by atoms with Crippen molar-refractivity contribution in [1.82, 2.24) is 9.97 Å². The summed E-state index contributed by atoms with van der Waals surface area (Å²) in [7, 11) is 1.61. The van der Waals surface area contributed by atoms with Crippen LogP contribution in [0, 0.1) is 0 Å². The molecule has 0 radical (unpaired) electrons. The van der Waals surface area contributed by atoms with Gasteiger partial charge in [-0.25, -0.2) is 4.98 Å². The summed E-state index contributed by atoms with van der Waals surface area (Å²) in [5, 5.41) is 2.61. The van der Waals surface area contributed by atoms with E-state index in [1.54, 1.807) is 19.2 Å². The van der Waals surface area contributed by atoms with Gasteiger partial charge in [0.25, 0.3) is 5.91 Å². The summed E-state index contributed by atoms with van der Waals surface area (Å²) >= 11 is 1.44. The normalized spacial score (nSPS) is 10.4. The zero-order valence-electron chi connectivity index (χ0n) is 9.21. The van der Waals surface area contributed by atoms with Gasteiger partial charge in [0.1, 0.15) is 10.7 Å². The van der Waals surface area contributed by atoms with Gasteiger partial charge < -0.3 is 10.5 Å². The summed E-state index contributed by atoms with van der Waals surface area (Å²) in [5.41, 5.74) is 6.99. The van der Waals surface area contributed by atoms with Crippen molar-refractivity contribution in [3.8, 4) is 10.6 Å². The van der Waals surface area contributed by atoms with Crippen molar-refractivity contribution in [3.63, 3.8) is 0 Å². The third-order valence-electron chi connectivity index (χ3n) is 2.12. The Hall–Kier alpha value is -1.79. The number of hydrogen-bond acceptors (Lipinski definition) is 5. The smallest absolute Gasteiger partial charge is 0.268 e. The molecule has 0 aliphatic rings. The summed E-state index contributed by atoms with van der Waals surface area (Å²) in [6.07, 6.45) is 1.53. The Morgan fingerprint density at radius 2 is 2.41 bits per heavy atom. The molecule has 0 aliphatic heterocycles. The average molecular weight is 249 g/mol. The maximum Gasteiger partial charge on any atom is 0.268 e. The van der Waals surface area contributed by atoms with Crippen molar-refractivity contribution in [2.45, 2.75) is 6.61 Å². The Morgan fingerprint density at radius 3 is 3.12 bits per heavy atom. The molecule has 0 unspecified atom stereocenters. The van der Waals surface area contributed by atoms with Crippen LogP contribution in [0.2, 0.25) is 0 Å². The molecular weight excluding hydrogens is 238 g/mol. The highest BCUT2D eigenvalue weighted by Gasteiger charge is 2.13. The third kappa shape index (κ3) is 2.48. The van der Waals surface area contributed by atoms with Gasteiger partial charge in [0.2, 0.25) is 0 Å². The minimum Gasteiger partial charge on any atom is -0.378 e. The van der Waals surface area contributed by atoms with Gasteiger partial charge in [-0.15, -0.1) is 11.3 Å². The number of pyridine rings is 1. The minimum absolute atomic E-state index is 0.241. The van der Waals surface area contributed by atoms with Crippen molar-refractivity contribution >= 4 is 17.2 Å². The standard InChI is InChI=1S/C11H11N3O2S/c1-16-5-7-6-17-11(14-7)8-3-2-4-13-9(8)10(12)15/h2-4,6H,5H2,1H3,(H2,12,15). The molecule has 6 heteroatoms. The summed E-state index contributed by atoms with van der Waals surface area (Å²) in [5.74, 6) is -0.552. The van der Waals surface area contributed by atoms with Crippen LogP contribution in [0.3, 0.4) is 0 Å². The van der Waals surface area contributed by atoms with E-state index >= 15 is 0 Å². The first kappa shape index (κ1) is 11.7. The number of carbonyl (C=O) groups excluding carboxylic acids is 1. The Kier molecular flexibility index (Phi) is 3.46. The number of nitrogens with zero attached hydrogens (tertiary/aromatic N) is 2. The first-order valence-electron chi connectivity index (χ1n) is 4.91. The molecule has 2 heterocycles. The monoisotopic (exact) mass is 249 g/mol. The highest BCUT2D eigenvalue weighted by Crippen LogP contribution is 2.25. The van der Waals surface area contributed by atoms with Crippen LogP contribution in [0.5, 0.6) is 0 Å². The van der Waals surface area contributed by atoms with E-state index in [1.165, 1.54) is 17.5 Å². The van der Waals surface area contributed by atoms with E-state index in [9.17, 15) is 4.79 Å². The number of nitrogens with two attached hydrogens (primary N) is 1. The molecule has 2 N–H and O–H groups in total. The molecule has 0 spiro atoms. The molecule has 5 nitrogen and oxygen atoms in total. The maximum atomic E-state index is 11.2. The SMILES string of the molecule is COCc1csc(-c2cccnc2C(N)=O)n1. The molecule has 2 aromatic rings. The Balaban J connectivity index is 2.41. The van der Waals surface area contributed by atoms with E-state index in [0.717, 1.165) is 10.7 Å². The lowest BCUT2D eigenvalue weighted by Crippen LogP contribution is -2.14. The zero-order chi connectivity index (χ0) is 12.3. The summed E-state index contributed by atoms with van der Waals surface area (Å²) in [6, 6.07) is 3.53. The fourth-order valence-corrected chi connectivity index (χ4v) is 2.25. The van der Waals surface area contributed by atoms with Crippen LogP contribution in [0.1, 0.15) is 16.2 Å². The number of thiazole rings is 1. The van der Waals surface area contributed by atoms with Gasteiger partial charge in [0.05, 0.1) is 12.3 Å². The molecule has 88 valence electrons. The van der Waals surface area contributed by atoms with E-state index in [-0.39, 0.29) is 5.69 Å². The van der Waals surface area contributed by atoms with Gasteiger partial charge in [-0.1, -0.05) is 0 Å². The lowest BCUT2D eigenvalue weighted by molar-refractivity contribution is 0.0996. The fourth-order valence-electron chi connectivity index (χ4n) is 1.42. The van der Waals surface area contributed by atoms with Gasteiger partial charge in [-0.05, 0) is 12.1 Å². The van der Waals surface area contributed by atoms with E-state index in [2.05, 4.69) is 9.97 Å². The molecule has 2 rings (SSSR count). The van der Waals surface area contributed by atoms with E-state index in [0.29, 0.717) is 12.2 Å². The van der Waals surface area contributed by atoms with Gasteiger partial charge in [0.15, 0.2) is 0 Å². The molecule has 0 saturated carbocycles. The fraction of sp³-hybridized carbons (Fsp3) is 0.182. The second-order valence-electron chi connectivity index (χ2n) is 3.34. The van der Waals surface area contributed by atoms with E-state index in [4.69, 9.17) is 10.5 Å². The lowest BCUT2D eigenvalue weighted by atomic mass is 10.2. The van der Waals surface area contributed by atoms with Gasteiger partial charge in [0, 0.05) is 24.3 Å². The lowest BCUT2D eigenvalue weighted by Gasteiger charge is -2.01. The topological polar surface area (TPSA) is 78.1 Å². The number of carbonyl (C=O) groups is 1. The quantitative estimate of drug-likeness (QED) is 0.889. The van der Waals surface area contributed by atoms with Gasteiger partial charge in [-0.3, -0.25) is 9.78 Å². The summed E-state index contributed by atoms with van der Waals surface area (Å²) < 4.78 is 4.99. The number of aromatic nitrogens is 2. The number of ether oxygens (including phenoxy) is 1. The average Bonchev–Trinajstić information content (AvgIpc) is 2.78. The molecule has 17 heavy (non-hydrogen) atoms. The van der Waals surface area contributed by atoms with Crippen molar-refractivity contribution in [2.24, 2.45) is 5.73 Å². The van der Waals surface area contributed by atoms with Crippen molar-refractivity contribution < 1.29 is 9.53 Å². The van der Waals surface area contributed by atoms with Crippen molar-refractivity contribution in [2.75, 3.05) is 7.11 Å². The third-order valence-corrected chi connectivity index (χ3v) is 3.04. The van der Waals surface area contributed by atoms with Crippen LogP contribution in [0.15, 0.2) is 23.7 Å². The van der Waals surface area contributed by atoms with Crippen LogP contribution < -0.4 is 5.73 Å². The number of hydrogen-bond donors (Lipinski definition) is 1. The maximum absolute atomic E-state index is 11.2. The number of amides is 1. The van der Waals surface area contributed by atoms with Crippen molar-refractivity contribution in [3.05, 3.63) is 35.1 Å². The van der Waals surface area contributed by atoms with Crippen molar-refractivity contribution in [1.29, 1.82) is 0 Å². The van der Waals surface area contributed by atoms with Crippen LogP contribution in [-0.4, -0.2) is 23.0 Å². The molecule has 0 saturated heterocycles. The van der Waals surface area contributed by atoms with Gasteiger partial charge >= 0.3 is 0 Å². The van der Waals surface area contributed by atoms with Crippen LogP contribution in [0.4, 0.5) is 0 Å². The molecule has 0 bridgehead atoms.